The van der Waals surface area contributed by atoms with E-state index in [0.717, 1.165) is 18.2 Å². The van der Waals surface area contributed by atoms with Crippen molar-refractivity contribution in [1.29, 1.82) is 5.26 Å². The zero-order chi connectivity index (χ0) is 13.5. The van der Waals surface area contributed by atoms with Gasteiger partial charge in [-0.2, -0.15) is 5.26 Å². The number of nitrogens with zero attached hydrogens (tertiary/aromatic N) is 1. The van der Waals surface area contributed by atoms with Crippen LogP contribution in [0.2, 0.25) is 0 Å². The number of hydrogen-bond donors (Lipinski definition) is 0. The van der Waals surface area contributed by atoms with Gasteiger partial charge in [0.15, 0.2) is 0 Å². The first-order chi connectivity index (χ1) is 8.58. The molecular formula is C13H9F2NO2. The van der Waals surface area contributed by atoms with Crippen LogP contribution in [0.3, 0.4) is 0 Å². The van der Waals surface area contributed by atoms with Crippen LogP contribution in [0.15, 0.2) is 36.4 Å². The zero-order valence-electron chi connectivity index (χ0n) is 9.32. The molecule has 0 aliphatic rings. The zero-order valence-corrected chi connectivity index (χ0v) is 9.32. The van der Waals surface area contributed by atoms with Crippen molar-refractivity contribution in [2.24, 2.45) is 0 Å². The summed E-state index contributed by atoms with van der Waals surface area (Å²) in [6.07, 6.45) is 2.34. The number of benzene rings is 1. The van der Waals surface area contributed by atoms with Gasteiger partial charge in [-0.1, -0.05) is 12.7 Å². The van der Waals surface area contributed by atoms with Gasteiger partial charge in [-0.3, -0.25) is 0 Å². The highest BCUT2D eigenvalue weighted by atomic mass is 19.1. The highest BCUT2D eigenvalue weighted by Gasteiger charge is 2.11. The van der Waals surface area contributed by atoms with Crippen molar-refractivity contribution >= 4 is 12.0 Å². The van der Waals surface area contributed by atoms with Crippen LogP contribution in [0, 0.1) is 23.0 Å². The lowest BCUT2D eigenvalue weighted by Crippen LogP contribution is -2.06. The molecule has 0 aliphatic carbocycles. The monoisotopic (exact) mass is 249 g/mol. The number of nitriles is 1. The summed E-state index contributed by atoms with van der Waals surface area (Å²) in [7, 11) is 0. The van der Waals surface area contributed by atoms with E-state index in [2.05, 4.69) is 11.3 Å². The molecule has 1 rings (SSSR count). The summed E-state index contributed by atoms with van der Waals surface area (Å²) in [6, 6.07) is 4.41. The SMILES string of the molecule is C=CCOC(=O)C(C#N)=Cc1ccc(F)cc1F. The van der Waals surface area contributed by atoms with Crippen molar-refractivity contribution in [1.82, 2.24) is 0 Å². The fourth-order valence-electron chi connectivity index (χ4n) is 1.12. The molecule has 1 aromatic rings. The van der Waals surface area contributed by atoms with Crippen LogP contribution in [0.5, 0.6) is 0 Å². The van der Waals surface area contributed by atoms with E-state index in [0.29, 0.717) is 6.07 Å². The fourth-order valence-corrected chi connectivity index (χ4v) is 1.12. The predicted octanol–water partition coefficient (Wildman–Crippen LogP) is 2.60. The molecule has 0 bridgehead atoms. The molecule has 0 unspecified atom stereocenters. The summed E-state index contributed by atoms with van der Waals surface area (Å²) in [5.41, 5.74) is -0.439. The fraction of sp³-hybridized carbons (Fsp3) is 0.0769. The van der Waals surface area contributed by atoms with E-state index in [1.807, 2.05) is 0 Å². The van der Waals surface area contributed by atoms with Gasteiger partial charge in [0, 0.05) is 11.6 Å². The van der Waals surface area contributed by atoms with Crippen LogP contribution in [0.1, 0.15) is 5.56 Å². The van der Waals surface area contributed by atoms with Crippen LogP contribution in [-0.4, -0.2) is 12.6 Å². The smallest absolute Gasteiger partial charge is 0.349 e. The summed E-state index contributed by atoms with van der Waals surface area (Å²) in [5.74, 6) is -2.49. The molecule has 0 fully saturated rings. The van der Waals surface area contributed by atoms with Gasteiger partial charge >= 0.3 is 5.97 Å². The van der Waals surface area contributed by atoms with Gasteiger partial charge < -0.3 is 4.74 Å². The normalized spacial score (nSPS) is 10.6. The molecule has 18 heavy (non-hydrogen) atoms. The van der Waals surface area contributed by atoms with Crippen LogP contribution in [0.4, 0.5) is 8.78 Å². The third kappa shape index (κ3) is 3.52. The lowest BCUT2D eigenvalue weighted by atomic mass is 10.1. The van der Waals surface area contributed by atoms with Gasteiger partial charge in [-0.15, -0.1) is 0 Å². The van der Waals surface area contributed by atoms with E-state index in [-0.39, 0.29) is 17.7 Å². The highest BCUT2D eigenvalue weighted by molar-refractivity contribution is 5.97. The number of esters is 1. The molecular weight excluding hydrogens is 240 g/mol. The molecule has 0 atom stereocenters. The van der Waals surface area contributed by atoms with Crippen LogP contribution in [-0.2, 0) is 9.53 Å². The van der Waals surface area contributed by atoms with Crippen molar-refractivity contribution in [3.63, 3.8) is 0 Å². The Labute approximate surface area is 103 Å². The second-order valence-corrected chi connectivity index (χ2v) is 3.22. The first-order valence-electron chi connectivity index (χ1n) is 4.93. The molecule has 0 saturated heterocycles. The molecule has 0 aromatic heterocycles. The Morgan fingerprint density at radius 3 is 2.78 bits per heavy atom. The second kappa shape index (κ2) is 6.30. The Morgan fingerprint density at radius 2 is 2.22 bits per heavy atom. The average Bonchev–Trinajstić information content (AvgIpc) is 2.35. The van der Waals surface area contributed by atoms with Crippen LogP contribution in [0.25, 0.3) is 6.08 Å². The number of hydrogen-bond acceptors (Lipinski definition) is 3. The van der Waals surface area contributed by atoms with Crippen molar-refractivity contribution in [2.45, 2.75) is 0 Å². The van der Waals surface area contributed by atoms with E-state index in [9.17, 15) is 13.6 Å². The first-order valence-corrected chi connectivity index (χ1v) is 4.93. The van der Waals surface area contributed by atoms with Gasteiger partial charge in [-0.25, -0.2) is 13.6 Å². The lowest BCUT2D eigenvalue weighted by molar-refractivity contribution is -0.137. The number of halogens is 2. The van der Waals surface area contributed by atoms with Gasteiger partial charge in [-0.05, 0) is 18.2 Å². The molecule has 0 saturated carbocycles. The van der Waals surface area contributed by atoms with Crippen molar-refractivity contribution in [3.8, 4) is 6.07 Å². The third-order valence-electron chi connectivity index (χ3n) is 1.93. The molecule has 0 spiro atoms. The summed E-state index contributed by atoms with van der Waals surface area (Å²) < 4.78 is 30.6. The Kier molecular flexibility index (Phi) is 4.76. The van der Waals surface area contributed by atoms with Crippen molar-refractivity contribution in [3.05, 3.63) is 53.6 Å². The second-order valence-electron chi connectivity index (χ2n) is 3.22. The minimum atomic E-state index is -0.888. The van der Waals surface area contributed by atoms with E-state index in [1.165, 1.54) is 6.08 Å². The first kappa shape index (κ1) is 13.6. The minimum absolute atomic E-state index is 0.0518. The van der Waals surface area contributed by atoms with Gasteiger partial charge in [0.05, 0.1) is 0 Å². The van der Waals surface area contributed by atoms with E-state index in [1.54, 1.807) is 6.07 Å². The third-order valence-corrected chi connectivity index (χ3v) is 1.93. The van der Waals surface area contributed by atoms with Crippen molar-refractivity contribution in [2.75, 3.05) is 6.61 Å². The molecule has 3 nitrogen and oxygen atoms in total. The summed E-state index contributed by atoms with van der Waals surface area (Å²) in [5, 5.41) is 8.76. The Morgan fingerprint density at radius 1 is 1.50 bits per heavy atom. The Hall–Kier alpha value is -2.48. The number of rotatable bonds is 4. The minimum Gasteiger partial charge on any atom is -0.457 e. The standard InChI is InChI=1S/C13H9F2NO2/c1-2-5-18-13(17)10(8-16)6-9-3-4-11(14)7-12(9)15/h2-4,6-7H,1,5H2. The quantitative estimate of drug-likeness (QED) is 0.356. The summed E-state index contributed by atoms with van der Waals surface area (Å²) >= 11 is 0. The summed E-state index contributed by atoms with van der Waals surface area (Å²) in [4.78, 5) is 11.4. The Bertz CT molecular complexity index is 544. The molecule has 5 heteroatoms. The van der Waals surface area contributed by atoms with E-state index in [4.69, 9.17) is 5.26 Å². The lowest BCUT2D eigenvalue weighted by Gasteiger charge is -2.01. The van der Waals surface area contributed by atoms with Crippen molar-refractivity contribution < 1.29 is 18.3 Å². The molecule has 0 aliphatic heterocycles. The van der Waals surface area contributed by atoms with Gasteiger partial charge in [0.25, 0.3) is 0 Å². The maximum absolute atomic E-state index is 13.3. The van der Waals surface area contributed by atoms with Crippen LogP contribution >= 0.6 is 0 Å². The van der Waals surface area contributed by atoms with Crippen LogP contribution < -0.4 is 0 Å². The maximum Gasteiger partial charge on any atom is 0.349 e. The molecule has 1 aromatic carbocycles. The van der Waals surface area contributed by atoms with Gasteiger partial charge in [0.2, 0.25) is 0 Å². The number of ether oxygens (including phenoxy) is 1. The van der Waals surface area contributed by atoms with Gasteiger partial charge in [0.1, 0.15) is 29.9 Å². The Balaban J connectivity index is 3.01. The largest absolute Gasteiger partial charge is 0.457 e. The van der Waals surface area contributed by atoms with E-state index < -0.39 is 17.6 Å². The number of carbonyl (C=O) groups excluding carboxylic acids is 1. The average molecular weight is 249 g/mol. The molecule has 0 heterocycles. The predicted molar refractivity (Wildman–Crippen MR) is 61.1 cm³/mol. The highest BCUT2D eigenvalue weighted by Crippen LogP contribution is 2.14. The topological polar surface area (TPSA) is 50.1 Å². The van der Waals surface area contributed by atoms with E-state index >= 15 is 0 Å². The molecule has 0 radical (unpaired) electrons. The molecule has 0 amide bonds. The molecule has 0 N–H and O–H groups in total. The molecule has 92 valence electrons. The summed E-state index contributed by atoms with van der Waals surface area (Å²) in [6.45, 7) is 3.29. The maximum atomic E-state index is 13.3. The number of carbonyl (C=O) groups is 1.